The van der Waals surface area contributed by atoms with Crippen molar-refractivity contribution in [3.05, 3.63) is 77.4 Å². The van der Waals surface area contributed by atoms with Crippen molar-refractivity contribution in [1.29, 1.82) is 0 Å². The molecule has 232 valence electrons. The Bertz CT molecular complexity index is 1350. The summed E-state index contributed by atoms with van der Waals surface area (Å²) >= 11 is 0. The lowest BCUT2D eigenvalue weighted by atomic mass is 10.00. The molecular formula is C33H41NO9. The number of nitrogens with one attached hydrogen (secondary N) is 1. The summed E-state index contributed by atoms with van der Waals surface area (Å²) in [5, 5.41) is 2.61. The zero-order valence-electron chi connectivity index (χ0n) is 25.9. The molecule has 0 spiro atoms. The largest absolute Gasteiger partial charge is 0.492 e. The average Bonchev–Trinajstić information content (AvgIpc) is 2.91. The Balaban J connectivity index is 2.18. The van der Waals surface area contributed by atoms with Crippen LogP contribution >= 0.6 is 0 Å². The van der Waals surface area contributed by atoms with E-state index in [0.29, 0.717) is 28.9 Å². The minimum atomic E-state index is -0.693. The van der Waals surface area contributed by atoms with Crippen LogP contribution in [0.5, 0.6) is 11.5 Å². The van der Waals surface area contributed by atoms with Crippen LogP contribution in [-0.4, -0.2) is 61.9 Å². The third-order valence-electron chi connectivity index (χ3n) is 5.30. The standard InChI is InChI=1S/C33H41NO9/c1-9-11-24-18-22(19-26(30(37)39-8)29(24)41-21-28(36)42-32(2,3)4)14-15-27(35)23-12-10-13-25(20-23)40-17-16-34-31(38)43-33(5,6)7/h9-10,12-15,18-20H,1,11,16-17,21H2,2-8H3,(H,34,38)/b15-14+. The van der Waals surface area contributed by atoms with Gasteiger partial charge in [-0.25, -0.2) is 14.4 Å². The third kappa shape index (κ3) is 12.4. The van der Waals surface area contributed by atoms with E-state index in [0.717, 1.165) is 0 Å². The van der Waals surface area contributed by atoms with E-state index in [1.54, 1.807) is 84.0 Å². The molecular weight excluding hydrogens is 554 g/mol. The van der Waals surface area contributed by atoms with Crippen LogP contribution in [0.15, 0.2) is 55.1 Å². The first kappa shape index (κ1) is 34.6. The fraction of sp³-hybridized carbons (Fsp3) is 0.394. The molecule has 0 atom stereocenters. The molecule has 10 heteroatoms. The zero-order valence-corrected chi connectivity index (χ0v) is 25.9. The van der Waals surface area contributed by atoms with Crippen molar-refractivity contribution in [2.24, 2.45) is 0 Å². The van der Waals surface area contributed by atoms with E-state index < -0.39 is 35.8 Å². The Hall–Kier alpha value is -4.60. The van der Waals surface area contributed by atoms with Crippen LogP contribution in [0.4, 0.5) is 4.79 Å². The van der Waals surface area contributed by atoms with Crippen LogP contribution in [0.3, 0.4) is 0 Å². The van der Waals surface area contributed by atoms with E-state index in [9.17, 15) is 19.2 Å². The smallest absolute Gasteiger partial charge is 0.407 e. The molecule has 1 amide bonds. The molecule has 0 aliphatic carbocycles. The van der Waals surface area contributed by atoms with Crippen molar-refractivity contribution in [1.82, 2.24) is 5.32 Å². The second kappa shape index (κ2) is 15.6. The second-order valence-electron chi connectivity index (χ2n) is 11.4. The zero-order chi connectivity index (χ0) is 32.2. The van der Waals surface area contributed by atoms with E-state index in [2.05, 4.69) is 11.9 Å². The number of esters is 2. The topological polar surface area (TPSA) is 126 Å². The van der Waals surface area contributed by atoms with Gasteiger partial charge in [-0.05, 0) is 89.4 Å². The Kier molecular flexibility index (Phi) is 12.5. The highest BCUT2D eigenvalue weighted by atomic mass is 16.6. The lowest BCUT2D eigenvalue weighted by molar-refractivity contribution is -0.157. The molecule has 0 heterocycles. The van der Waals surface area contributed by atoms with Crippen molar-refractivity contribution < 1.29 is 42.9 Å². The van der Waals surface area contributed by atoms with Gasteiger partial charge in [0.15, 0.2) is 12.4 Å². The first-order valence-electron chi connectivity index (χ1n) is 13.7. The van der Waals surface area contributed by atoms with Gasteiger partial charge in [-0.2, -0.15) is 0 Å². The number of methoxy groups -OCH3 is 1. The van der Waals surface area contributed by atoms with E-state index in [1.807, 2.05) is 0 Å². The summed E-state index contributed by atoms with van der Waals surface area (Å²) in [5.41, 5.74) is 0.290. The number of carbonyl (C=O) groups is 4. The summed E-state index contributed by atoms with van der Waals surface area (Å²) in [7, 11) is 1.24. The third-order valence-corrected chi connectivity index (χ3v) is 5.30. The maximum Gasteiger partial charge on any atom is 0.407 e. The molecule has 0 aliphatic heterocycles. The number of hydrogen-bond donors (Lipinski definition) is 1. The Morgan fingerprint density at radius 3 is 2.26 bits per heavy atom. The number of amides is 1. The normalized spacial score (nSPS) is 11.4. The van der Waals surface area contributed by atoms with Gasteiger partial charge < -0.3 is 29.0 Å². The second-order valence-corrected chi connectivity index (χ2v) is 11.4. The molecule has 2 aromatic rings. The number of ketones is 1. The van der Waals surface area contributed by atoms with Crippen LogP contribution in [0.2, 0.25) is 0 Å². The lowest BCUT2D eigenvalue weighted by Gasteiger charge is -2.20. The predicted octanol–water partition coefficient (Wildman–Crippen LogP) is 5.72. The summed E-state index contributed by atoms with van der Waals surface area (Å²) < 4.78 is 26.8. The number of ether oxygens (including phenoxy) is 5. The number of allylic oxidation sites excluding steroid dienone is 2. The molecule has 2 aromatic carbocycles. The van der Waals surface area contributed by atoms with Crippen LogP contribution in [0, 0.1) is 0 Å². The highest BCUT2D eigenvalue weighted by Crippen LogP contribution is 2.29. The highest BCUT2D eigenvalue weighted by Gasteiger charge is 2.22. The van der Waals surface area contributed by atoms with Crippen molar-refractivity contribution in [2.45, 2.75) is 59.2 Å². The average molecular weight is 596 g/mol. The number of alkyl carbamates (subject to hydrolysis) is 1. The van der Waals surface area contributed by atoms with E-state index in [4.69, 9.17) is 23.7 Å². The first-order valence-corrected chi connectivity index (χ1v) is 13.7. The number of hydrogen-bond acceptors (Lipinski definition) is 9. The SMILES string of the molecule is C=CCc1cc(/C=C/C(=O)c2cccc(OCCNC(=O)OC(C)(C)C)c2)cc(C(=O)OC)c1OCC(=O)OC(C)(C)C. The van der Waals surface area contributed by atoms with Gasteiger partial charge in [0.1, 0.15) is 34.9 Å². The van der Waals surface area contributed by atoms with E-state index >= 15 is 0 Å². The van der Waals surface area contributed by atoms with Crippen LogP contribution in [0.25, 0.3) is 6.08 Å². The molecule has 0 unspecified atom stereocenters. The molecule has 0 aromatic heterocycles. The Labute approximate surface area is 253 Å². The maximum absolute atomic E-state index is 13.0. The predicted molar refractivity (Wildman–Crippen MR) is 163 cm³/mol. The van der Waals surface area contributed by atoms with Gasteiger partial charge in [0.25, 0.3) is 0 Å². The lowest BCUT2D eigenvalue weighted by Crippen LogP contribution is -2.34. The minimum Gasteiger partial charge on any atom is -0.492 e. The maximum atomic E-state index is 13.0. The number of carbonyl (C=O) groups excluding carboxylic acids is 4. The summed E-state index contributed by atoms with van der Waals surface area (Å²) in [5.74, 6) is -0.928. The van der Waals surface area contributed by atoms with Gasteiger partial charge in [-0.1, -0.05) is 24.3 Å². The molecule has 2 rings (SSSR count). The van der Waals surface area contributed by atoms with Crippen molar-refractivity contribution in [2.75, 3.05) is 26.9 Å². The molecule has 0 aliphatic rings. The first-order chi connectivity index (χ1) is 20.1. The number of benzene rings is 2. The molecule has 0 radical (unpaired) electrons. The highest BCUT2D eigenvalue weighted by molar-refractivity contribution is 6.07. The van der Waals surface area contributed by atoms with Gasteiger partial charge in [0, 0.05) is 5.56 Å². The van der Waals surface area contributed by atoms with E-state index in [-0.39, 0.29) is 30.2 Å². The van der Waals surface area contributed by atoms with E-state index in [1.165, 1.54) is 19.3 Å². The molecule has 1 N–H and O–H groups in total. The Morgan fingerprint density at radius 1 is 0.930 bits per heavy atom. The van der Waals surface area contributed by atoms with Crippen molar-refractivity contribution in [3.63, 3.8) is 0 Å². The van der Waals surface area contributed by atoms with Crippen LogP contribution < -0.4 is 14.8 Å². The van der Waals surface area contributed by atoms with Crippen LogP contribution in [-0.2, 0) is 25.4 Å². The van der Waals surface area contributed by atoms with Crippen LogP contribution in [0.1, 0.15) is 73.4 Å². The Morgan fingerprint density at radius 2 is 1.63 bits per heavy atom. The van der Waals surface area contributed by atoms with Gasteiger partial charge in [0.2, 0.25) is 0 Å². The van der Waals surface area contributed by atoms with Crippen molar-refractivity contribution in [3.8, 4) is 11.5 Å². The number of rotatable bonds is 13. The van der Waals surface area contributed by atoms with Gasteiger partial charge in [-0.3, -0.25) is 4.79 Å². The molecule has 0 saturated carbocycles. The fourth-order valence-electron chi connectivity index (χ4n) is 3.69. The molecule has 43 heavy (non-hydrogen) atoms. The quantitative estimate of drug-likeness (QED) is 0.0772. The van der Waals surface area contributed by atoms with Gasteiger partial charge >= 0.3 is 18.0 Å². The minimum absolute atomic E-state index is 0.0906. The summed E-state index contributed by atoms with van der Waals surface area (Å²) in [6, 6.07) is 9.88. The summed E-state index contributed by atoms with van der Waals surface area (Å²) in [4.78, 5) is 49.6. The fourth-order valence-corrected chi connectivity index (χ4v) is 3.69. The molecule has 10 nitrogen and oxygen atoms in total. The van der Waals surface area contributed by atoms with Gasteiger partial charge in [-0.15, -0.1) is 6.58 Å². The summed E-state index contributed by atoms with van der Waals surface area (Å²) in [6.07, 6.45) is 4.35. The van der Waals surface area contributed by atoms with Gasteiger partial charge in [0.05, 0.1) is 13.7 Å². The van der Waals surface area contributed by atoms with Crippen molar-refractivity contribution >= 4 is 29.9 Å². The monoisotopic (exact) mass is 595 g/mol. The molecule has 0 fully saturated rings. The molecule has 0 bridgehead atoms. The molecule has 0 saturated heterocycles. The summed E-state index contributed by atoms with van der Waals surface area (Å²) in [6.45, 7) is 14.3.